The zero-order chi connectivity index (χ0) is 70.0. The molecule has 0 aliphatic carbocycles. The van der Waals surface area contributed by atoms with E-state index in [-0.39, 0.29) is 150 Å². The summed E-state index contributed by atoms with van der Waals surface area (Å²) in [6.45, 7) is -4.92. The third-order valence-corrected chi connectivity index (χ3v) is 12.6. The van der Waals surface area contributed by atoms with Gasteiger partial charge in [-0.3, -0.25) is 14.7 Å². The monoisotopic (exact) mass is 1590 g/mol. The molecule has 48 heteroatoms. The van der Waals surface area contributed by atoms with Gasteiger partial charge in [0.1, 0.15) is 0 Å². The molecule has 0 aromatic carbocycles. The van der Waals surface area contributed by atoms with E-state index in [1.165, 1.54) is 0 Å². The van der Waals surface area contributed by atoms with Crippen LogP contribution in [-0.4, -0.2) is 257 Å². The maximum atomic E-state index is 11.4. The van der Waals surface area contributed by atoms with Crippen molar-refractivity contribution < 1.29 is 234 Å². The number of hydrogen-bond acceptors (Lipinski definition) is 42. The minimum atomic E-state index is -2.40. The number of hydrogen-bond donors (Lipinski definition) is 10. The molecule has 5 radical (unpaired) electrons. The number of rotatable bonds is 54. The Morgan fingerprint density at radius 3 is 0.531 bits per heavy atom. The molecule has 16 N–H and O–H groups in total. The van der Waals surface area contributed by atoms with Crippen molar-refractivity contribution in [3.8, 4) is 0 Å². The van der Waals surface area contributed by atoms with Crippen molar-refractivity contribution in [3.05, 3.63) is 0 Å². The Morgan fingerprint density at radius 1 is 0.260 bits per heavy atom. The van der Waals surface area contributed by atoms with E-state index in [0.717, 1.165) is 0 Å². The van der Waals surface area contributed by atoms with Gasteiger partial charge >= 0.3 is 85.3 Å². The third kappa shape index (κ3) is 48.8. The molecular formula is C48H73Fe5N13O30+. The summed E-state index contributed by atoms with van der Waals surface area (Å²) in [4.78, 5) is 170. The van der Waals surface area contributed by atoms with E-state index in [0.29, 0.717) is 34.3 Å². The molecule has 0 aromatic rings. The zero-order valence-electron chi connectivity index (χ0n) is 50.9. The van der Waals surface area contributed by atoms with Crippen LogP contribution in [-0.2, 0) is 157 Å². The second-order valence-corrected chi connectivity index (χ2v) is 19.3. The van der Waals surface area contributed by atoms with Gasteiger partial charge in [-0.15, -0.1) is 0 Å². The maximum Gasteiger partial charge on any atom is 3.00 e. The molecule has 0 saturated heterocycles. The molecule has 3 atom stereocenters. The van der Waals surface area contributed by atoms with E-state index < -0.39 is 221 Å². The van der Waals surface area contributed by atoms with Crippen LogP contribution in [0.25, 0.3) is 0 Å². The van der Waals surface area contributed by atoms with E-state index >= 15 is 0 Å². The topological polar surface area (TPSA) is 798 Å². The smallest absolute Gasteiger partial charge is 0.550 e. The largest absolute Gasteiger partial charge is 3.00 e. The number of carbonyl (C=O) groups excluding carboxylic acids is 15. The second kappa shape index (κ2) is 59.2. The number of nitrogens with one attached hydrogen (secondary N) is 6. The summed E-state index contributed by atoms with van der Waals surface area (Å²) in [6.07, 6.45) is -10.3. The molecule has 0 rings (SSSR count). The van der Waals surface area contributed by atoms with Gasteiger partial charge in [-0.05, 0) is 0 Å². The van der Waals surface area contributed by atoms with Gasteiger partial charge in [0.2, 0.25) is 0 Å². The average molecular weight is 1590 g/mol. The summed E-state index contributed by atoms with van der Waals surface area (Å²) in [7, 11) is 0. The summed E-state index contributed by atoms with van der Waals surface area (Å²) in [5.74, 6) is -27.7. The van der Waals surface area contributed by atoms with Crippen LogP contribution in [0.2, 0.25) is 0 Å². The SMILES string of the molecule is NCCNCCNC(CC(=O)[O-])C(CC(=O)[O-])(CC(=O)[O-])N(CC(=O)[O-])CC(=O)[O-].NCCNCCNC(CC(=O)[O-])C(CC(=O)[O-])(CC(=O)[O-])N(CC(=O)[O-])CC(=O)[O-].NCCNCCNC(CC(=O)[O-])C(CC(=O)[O-])(CC(=O)[O-])N(CC(=O)[O-])CC(=O)[O-].[Fe+3].[Fe+3].[Fe+3].[Fe+3].[Fe+3].[NH4+]. The number of nitrogens with two attached hydrogens (primary N) is 3. The molecule has 43 nitrogen and oxygen atoms in total. The summed E-state index contributed by atoms with van der Waals surface area (Å²) in [5.41, 5.74) is 8.72. The summed E-state index contributed by atoms with van der Waals surface area (Å²) in [6, 6.07) is -4.76. The van der Waals surface area contributed by atoms with E-state index in [4.69, 9.17) is 17.2 Å². The van der Waals surface area contributed by atoms with Crippen LogP contribution in [0.3, 0.4) is 0 Å². The Morgan fingerprint density at radius 2 is 0.417 bits per heavy atom. The molecule has 3 unspecified atom stereocenters. The van der Waals surface area contributed by atoms with Gasteiger partial charge in [-0.2, -0.15) is 0 Å². The average Bonchev–Trinajstić information content (AvgIpc) is 0.803. The van der Waals surface area contributed by atoms with E-state index in [9.17, 15) is 149 Å². The van der Waals surface area contributed by atoms with Gasteiger partial charge in [0.05, 0.1) is 35.8 Å². The van der Waals surface area contributed by atoms with Crippen molar-refractivity contribution in [3.63, 3.8) is 0 Å². The van der Waals surface area contributed by atoms with Crippen molar-refractivity contribution in [2.45, 2.75) is 92.5 Å². The van der Waals surface area contributed by atoms with Crippen molar-refractivity contribution in [2.75, 3.05) is 118 Å². The first-order chi connectivity index (χ1) is 41.8. The van der Waals surface area contributed by atoms with Crippen molar-refractivity contribution in [2.24, 2.45) is 17.2 Å². The van der Waals surface area contributed by atoms with Gasteiger partial charge in [0, 0.05) is 264 Å². The fraction of sp³-hybridized carbons (Fsp3) is 0.688. The van der Waals surface area contributed by atoms with Crippen LogP contribution >= 0.6 is 0 Å². The Labute approximate surface area is 600 Å². The third-order valence-electron chi connectivity index (χ3n) is 12.6. The normalized spacial score (nSPS) is 11.7. The second-order valence-electron chi connectivity index (χ2n) is 19.3. The van der Waals surface area contributed by atoms with Crippen LogP contribution in [0.15, 0.2) is 0 Å². The first-order valence-electron chi connectivity index (χ1n) is 26.5. The summed E-state index contributed by atoms with van der Waals surface area (Å²) < 4.78 is 0. The molecule has 0 heterocycles. The predicted octanol–water partition coefficient (Wildman–Crippen LogP) is -28.3. The number of carboxylic acid groups (broad SMARTS) is 15. The van der Waals surface area contributed by atoms with Crippen LogP contribution in [0.1, 0.15) is 57.8 Å². The molecule has 0 aliphatic rings. The Hall–Kier alpha value is -5.87. The Bertz CT molecular complexity index is 2070. The number of aliphatic carboxylic acids is 15. The van der Waals surface area contributed by atoms with E-state index in [1.54, 1.807) is 0 Å². The number of nitrogens with zero attached hydrogens (tertiary/aromatic N) is 3. The van der Waals surface area contributed by atoms with Crippen LogP contribution < -0.4 is 132 Å². The minimum Gasteiger partial charge on any atom is -0.550 e. The zero-order valence-corrected chi connectivity index (χ0v) is 56.4. The molecule has 0 bridgehead atoms. The quantitative estimate of drug-likeness (QED) is 0.0200. The Balaban J connectivity index is -0.000000164. The van der Waals surface area contributed by atoms with E-state index in [2.05, 4.69) is 31.9 Å². The molecule has 0 fully saturated rings. The molecule has 0 aliphatic heterocycles. The molecule has 96 heavy (non-hydrogen) atoms. The van der Waals surface area contributed by atoms with Gasteiger partial charge in [-0.1, -0.05) is 0 Å². The fourth-order valence-electron chi connectivity index (χ4n) is 9.35. The van der Waals surface area contributed by atoms with Crippen LogP contribution in [0.5, 0.6) is 0 Å². The first-order valence-corrected chi connectivity index (χ1v) is 26.5. The van der Waals surface area contributed by atoms with Gasteiger partial charge < -0.3 is 204 Å². The predicted molar refractivity (Wildman–Crippen MR) is 267 cm³/mol. The fourth-order valence-corrected chi connectivity index (χ4v) is 9.35. The number of quaternary nitrogens is 1. The molecule has 0 amide bonds. The van der Waals surface area contributed by atoms with Crippen molar-refractivity contribution in [1.29, 1.82) is 0 Å². The van der Waals surface area contributed by atoms with Crippen molar-refractivity contribution >= 4 is 89.5 Å². The first kappa shape index (κ1) is 109. The van der Waals surface area contributed by atoms with Crippen molar-refractivity contribution in [1.82, 2.24) is 52.8 Å². The van der Waals surface area contributed by atoms with Crippen LogP contribution in [0, 0.1) is 0 Å². The van der Waals surface area contributed by atoms with Gasteiger partial charge in [0.25, 0.3) is 0 Å². The molecule has 549 valence electrons. The number of carbonyl (C=O) groups is 15. The summed E-state index contributed by atoms with van der Waals surface area (Å²) >= 11 is 0. The molecule has 0 spiro atoms. The maximum absolute atomic E-state index is 11.4. The van der Waals surface area contributed by atoms with E-state index in [1.807, 2.05) is 0 Å². The standard InChI is InChI=1S/3C16H28N4O10.5Fe.H3N/c3*17-1-2-18-3-4-19-10(5-11(21)22)16(6-12(23)24,7-13(25)26)20(8-14(27)28)9-15(29)30;;;;;;/h3*10,18-19H,1-9,17H2,(H,21,22)(H,23,24)(H,25,26)(H,27,28)(H,29,30);;;;;;1H3/q;;;5*+3;/p-14. The molecular weight excluding hydrogens is 1520 g/mol. The van der Waals surface area contributed by atoms with Crippen LogP contribution in [0.4, 0.5) is 0 Å². The van der Waals surface area contributed by atoms with Gasteiger partial charge in [0.15, 0.2) is 0 Å². The molecule has 0 aromatic heterocycles. The Kier molecular flexibility index (Phi) is 67.1. The number of carboxylic acids is 15. The molecule has 0 saturated carbocycles. The summed E-state index contributed by atoms with van der Waals surface area (Å²) in [5, 5.41) is 185. The van der Waals surface area contributed by atoms with Gasteiger partial charge in [-0.25, -0.2) is 0 Å². The minimum absolute atomic E-state index is 0.